The van der Waals surface area contributed by atoms with Crippen LogP contribution < -0.4 is 5.32 Å². The molecule has 4 nitrogen and oxygen atoms in total. The number of nitrogens with zero attached hydrogens (tertiary/aromatic N) is 1. The van der Waals surface area contributed by atoms with Gasteiger partial charge >= 0.3 is 0 Å². The second kappa shape index (κ2) is 8.20. The molecule has 0 amide bonds. The summed E-state index contributed by atoms with van der Waals surface area (Å²) < 4.78 is 11.8. The van der Waals surface area contributed by atoms with Gasteiger partial charge in [-0.2, -0.15) is 0 Å². The van der Waals surface area contributed by atoms with Crippen LogP contribution in [-0.2, 0) is 9.47 Å². The summed E-state index contributed by atoms with van der Waals surface area (Å²) in [7, 11) is 0. The van der Waals surface area contributed by atoms with E-state index in [1.807, 2.05) is 0 Å². The quantitative estimate of drug-likeness (QED) is 0.680. The van der Waals surface area contributed by atoms with Crippen molar-refractivity contribution in [1.82, 2.24) is 10.2 Å². The summed E-state index contributed by atoms with van der Waals surface area (Å²) in [6.45, 7) is 10.3. The lowest BCUT2D eigenvalue weighted by molar-refractivity contribution is -0.0768. The van der Waals surface area contributed by atoms with E-state index < -0.39 is 0 Å². The number of nitrogens with one attached hydrogen (secondary N) is 1. The highest BCUT2D eigenvalue weighted by Crippen LogP contribution is 2.23. The van der Waals surface area contributed by atoms with Crippen molar-refractivity contribution in [2.24, 2.45) is 0 Å². The van der Waals surface area contributed by atoms with Crippen LogP contribution in [0.3, 0.4) is 0 Å². The third-order valence-corrected chi connectivity index (χ3v) is 4.17. The number of morpholine rings is 1. The van der Waals surface area contributed by atoms with Gasteiger partial charge in [-0.05, 0) is 38.8 Å². The molecule has 1 N–H and O–H groups in total. The maximum absolute atomic E-state index is 6.10. The molecule has 0 radical (unpaired) electrons. The van der Waals surface area contributed by atoms with Crippen molar-refractivity contribution in [2.75, 3.05) is 39.5 Å². The van der Waals surface area contributed by atoms with E-state index in [1.54, 1.807) is 0 Å². The molecule has 0 spiro atoms. The first-order valence-electron chi connectivity index (χ1n) is 8.02. The van der Waals surface area contributed by atoms with E-state index in [4.69, 9.17) is 9.47 Å². The molecule has 0 aliphatic carbocycles. The van der Waals surface area contributed by atoms with E-state index in [9.17, 15) is 0 Å². The Balaban J connectivity index is 1.81. The van der Waals surface area contributed by atoms with E-state index in [1.165, 1.54) is 19.4 Å². The molecule has 4 heteroatoms. The van der Waals surface area contributed by atoms with Crippen molar-refractivity contribution in [1.29, 1.82) is 0 Å². The van der Waals surface area contributed by atoms with Crippen molar-refractivity contribution in [3.8, 4) is 0 Å². The monoisotopic (exact) mass is 270 g/mol. The first-order chi connectivity index (χ1) is 9.35. The molecule has 2 rings (SSSR count). The van der Waals surface area contributed by atoms with E-state index in [0.29, 0.717) is 12.1 Å². The van der Waals surface area contributed by atoms with Gasteiger partial charge in [-0.3, -0.25) is 4.90 Å². The Morgan fingerprint density at radius 2 is 2.26 bits per heavy atom. The Hall–Kier alpha value is -0.160. The average Bonchev–Trinajstić information content (AvgIpc) is 2.90. The fraction of sp³-hybridized carbons (Fsp3) is 1.00. The van der Waals surface area contributed by atoms with Crippen LogP contribution in [0.15, 0.2) is 0 Å². The summed E-state index contributed by atoms with van der Waals surface area (Å²) in [6, 6.07) is 1.02. The zero-order valence-corrected chi connectivity index (χ0v) is 12.6. The van der Waals surface area contributed by atoms with Crippen LogP contribution in [0, 0.1) is 0 Å². The number of fused-ring (bicyclic) bond motifs is 1. The molecule has 0 bridgehead atoms. The molecule has 2 saturated heterocycles. The predicted octanol–water partition coefficient (Wildman–Crippen LogP) is 1.64. The Morgan fingerprint density at radius 1 is 1.37 bits per heavy atom. The van der Waals surface area contributed by atoms with Crippen molar-refractivity contribution in [3.63, 3.8) is 0 Å². The molecule has 0 aromatic rings. The lowest BCUT2D eigenvalue weighted by Gasteiger charge is -2.39. The number of ether oxygens (including phenoxy) is 2. The fourth-order valence-corrected chi connectivity index (χ4v) is 3.07. The lowest BCUT2D eigenvalue weighted by atomic mass is 10.1. The Morgan fingerprint density at radius 3 is 3.05 bits per heavy atom. The van der Waals surface area contributed by atoms with Crippen molar-refractivity contribution in [2.45, 2.75) is 57.7 Å². The Labute approximate surface area is 117 Å². The summed E-state index contributed by atoms with van der Waals surface area (Å²) >= 11 is 0. The average molecular weight is 270 g/mol. The Bertz CT molecular complexity index is 250. The van der Waals surface area contributed by atoms with Gasteiger partial charge in [-0.25, -0.2) is 0 Å². The maximum atomic E-state index is 6.10. The van der Waals surface area contributed by atoms with E-state index in [2.05, 4.69) is 24.1 Å². The van der Waals surface area contributed by atoms with E-state index in [0.717, 1.165) is 45.8 Å². The first-order valence-corrected chi connectivity index (χ1v) is 8.02. The van der Waals surface area contributed by atoms with Crippen molar-refractivity contribution in [3.05, 3.63) is 0 Å². The van der Waals surface area contributed by atoms with E-state index >= 15 is 0 Å². The van der Waals surface area contributed by atoms with Crippen LogP contribution in [0.2, 0.25) is 0 Å². The molecule has 2 fully saturated rings. The molecule has 2 heterocycles. The normalized spacial score (nSPS) is 29.4. The standard InChI is InChI=1S/C15H30N2O2/c1-3-7-16-14(12-18-9-4-2)15-10-17-8-5-6-13(17)11-19-15/h13-16H,3-12H2,1-2H3. The summed E-state index contributed by atoms with van der Waals surface area (Å²) in [5, 5.41) is 3.60. The molecule has 2 aliphatic rings. The highest BCUT2D eigenvalue weighted by molar-refractivity contribution is 4.90. The second-order valence-corrected chi connectivity index (χ2v) is 5.80. The van der Waals surface area contributed by atoms with Gasteiger partial charge in [-0.1, -0.05) is 13.8 Å². The summed E-state index contributed by atoms with van der Waals surface area (Å²) in [4.78, 5) is 2.61. The van der Waals surface area contributed by atoms with Gasteiger partial charge in [0, 0.05) is 19.2 Å². The summed E-state index contributed by atoms with van der Waals surface area (Å²) in [6.07, 6.45) is 5.17. The molecule has 112 valence electrons. The highest BCUT2D eigenvalue weighted by atomic mass is 16.5. The van der Waals surface area contributed by atoms with Gasteiger partial charge in [0.1, 0.15) is 0 Å². The lowest BCUT2D eigenvalue weighted by Crippen LogP contribution is -2.55. The third kappa shape index (κ3) is 4.42. The van der Waals surface area contributed by atoms with Crippen LogP contribution in [0.5, 0.6) is 0 Å². The minimum Gasteiger partial charge on any atom is -0.380 e. The van der Waals surface area contributed by atoms with Crippen LogP contribution in [-0.4, -0.2) is 62.5 Å². The second-order valence-electron chi connectivity index (χ2n) is 5.80. The minimum absolute atomic E-state index is 0.290. The van der Waals surface area contributed by atoms with Crippen molar-refractivity contribution >= 4 is 0 Å². The number of hydrogen-bond acceptors (Lipinski definition) is 4. The zero-order valence-electron chi connectivity index (χ0n) is 12.6. The van der Waals surface area contributed by atoms with Gasteiger partial charge in [0.25, 0.3) is 0 Å². The molecule has 0 saturated carbocycles. The number of hydrogen-bond donors (Lipinski definition) is 1. The minimum atomic E-state index is 0.290. The van der Waals surface area contributed by atoms with Crippen LogP contribution in [0.4, 0.5) is 0 Å². The fourth-order valence-electron chi connectivity index (χ4n) is 3.07. The van der Waals surface area contributed by atoms with Crippen molar-refractivity contribution < 1.29 is 9.47 Å². The van der Waals surface area contributed by atoms with Gasteiger partial charge < -0.3 is 14.8 Å². The van der Waals surface area contributed by atoms with Gasteiger partial charge in [0.05, 0.1) is 25.4 Å². The van der Waals surface area contributed by atoms with Crippen LogP contribution in [0.25, 0.3) is 0 Å². The molecule has 2 aliphatic heterocycles. The molecule has 19 heavy (non-hydrogen) atoms. The highest BCUT2D eigenvalue weighted by Gasteiger charge is 2.35. The van der Waals surface area contributed by atoms with E-state index in [-0.39, 0.29) is 6.10 Å². The Kier molecular flexibility index (Phi) is 6.57. The van der Waals surface area contributed by atoms with Crippen LogP contribution >= 0.6 is 0 Å². The number of rotatable bonds is 8. The van der Waals surface area contributed by atoms with Gasteiger partial charge in [0.2, 0.25) is 0 Å². The topological polar surface area (TPSA) is 33.7 Å². The third-order valence-electron chi connectivity index (χ3n) is 4.17. The predicted molar refractivity (Wildman–Crippen MR) is 77.5 cm³/mol. The first kappa shape index (κ1) is 15.2. The maximum Gasteiger partial charge on any atom is 0.0878 e. The van der Waals surface area contributed by atoms with Gasteiger partial charge in [0.15, 0.2) is 0 Å². The molecule has 0 aromatic heterocycles. The SMILES string of the molecule is CCCNC(COCCC)C1CN2CCCC2CO1. The van der Waals surface area contributed by atoms with Gasteiger partial charge in [-0.15, -0.1) is 0 Å². The molecular weight excluding hydrogens is 240 g/mol. The molecular formula is C15H30N2O2. The molecule has 3 atom stereocenters. The largest absolute Gasteiger partial charge is 0.380 e. The summed E-state index contributed by atoms with van der Waals surface area (Å²) in [5.74, 6) is 0. The zero-order chi connectivity index (χ0) is 13.5. The smallest absolute Gasteiger partial charge is 0.0878 e. The van der Waals surface area contributed by atoms with Crippen LogP contribution in [0.1, 0.15) is 39.5 Å². The molecule has 3 unspecified atom stereocenters. The summed E-state index contributed by atoms with van der Waals surface area (Å²) in [5.41, 5.74) is 0. The molecule has 0 aromatic carbocycles.